The van der Waals surface area contributed by atoms with Gasteiger partial charge in [0, 0.05) is 6.54 Å². The molecular formula is C18H24N2O2S. The SMILES string of the molecule is C=CCC(/C=C(\C=C1\C(=O)NC(=S)N(CC=C)C1=O)CC)CC. The van der Waals surface area contributed by atoms with Gasteiger partial charge in [-0.05, 0) is 43.5 Å². The molecule has 1 atom stereocenters. The third-order valence-corrected chi connectivity index (χ3v) is 4.00. The van der Waals surface area contributed by atoms with Crippen LogP contribution in [-0.4, -0.2) is 28.4 Å². The molecule has 1 fully saturated rings. The molecule has 1 rings (SSSR count). The molecule has 124 valence electrons. The molecule has 0 spiro atoms. The highest BCUT2D eigenvalue weighted by molar-refractivity contribution is 7.80. The summed E-state index contributed by atoms with van der Waals surface area (Å²) in [5, 5.41) is 2.68. The number of thiocarbonyl (C=S) groups is 1. The predicted molar refractivity (Wildman–Crippen MR) is 97.7 cm³/mol. The fraction of sp³-hybridized carbons (Fsp3) is 0.389. The van der Waals surface area contributed by atoms with Crippen LogP contribution in [0.2, 0.25) is 0 Å². The Bertz CT molecular complexity index is 576. The molecule has 0 aliphatic carbocycles. The number of nitrogens with one attached hydrogen (secondary N) is 1. The van der Waals surface area contributed by atoms with E-state index in [1.807, 2.05) is 13.0 Å². The summed E-state index contributed by atoms with van der Waals surface area (Å²) in [4.78, 5) is 25.9. The maximum Gasteiger partial charge on any atom is 0.265 e. The molecule has 1 N–H and O–H groups in total. The van der Waals surface area contributed by atoms with Gasteiger partial charge in [0.1, 0.15) is 5.57 Å². The molecule has 0 aromatic rings. The second kappa shape index (κ2) is 9.20. The van der Waals surface area contributed by atoms with E-state index in [1.165, 1.54) is 4.90 Å². The van der Waals surface area contributed by atoms with E-state index in [0.29, 0.717) is 5.92 Å². The lowest BCUT2D eigenvalue weighted by Gasteiger charge is -2.28. The second-order valence-corrected chi connectivity index (χ2v) is 5.70. The fourth-order valence-corrected chi connectivity index (χ4v) is 2.56. The van der Waals surface area contributed by atoms with Gasteiger partial charge < -0.3 is 0 Å². The number of carbonyl (C=O) groups excluding carboxylic acids is 2. The summed E-state index contributed by atoms with van der Waals surface area (Å²) in [6.45, 7) is 11.8. The largest absolute Gasteiger partial charge is 0.298 e. The van der Waals surface area contributed by atoms with Crippen LogP contribution in [0.4, 0.5) is 0 Å². The zero-order valence-corrected chi connectivity index (χ0v) is 14.6. The van der Waals surface area contributed by atoms with E-state index in [4.69, 9.17) is 12.2 Å². The van der Waals surface area contributed by atoms with Crippen molar-refractivity contribution in [3.63, 3.8) is 0 Å². The van der Waals surface area contributed by atoms with E-state index >= 15 is 0 Å². The standard InChI is InChI=1S/C18H24N2O2S/c1-5-9-13(7-3)11-14(8-4)12-15-16(21)19-18(23)20(10-6-2)17(15)22/h5-6,11-13H,1-2,7-10H2,3-4H3,(H,19,21,23)/b14-11-,15-12-. The first kappa shape index (κ1) is 19.0. The molecule has 2 amide bonds. The number of carbonyl (C=O) groups is 2. The van der Waals surface area contributed by atoms with Gasteiger partial charge in [0.2, 0.25) is 0 Å². The molecule has 1 saturated heterocycles. The van der Waals surface area contributed by atoms with Crippen molar-refractivity contribution in [2.75, 3.05) is 6.54 Å². The highest BCUT2D eigenvalue weighted by atomic mass is 32.1. The van der Waals surface area contributed by atoms with E-state index in [-0.39, 0.29) is 23.1 Å². The lowest BCUT2D eigenvalue weighted by molar-refractivity contribution is -0.128. The number of amides is 2. The van der Waals surface area contributed by atoms with Crippen molar-refractivity contribution in [2.45, 2.75) is 33.1 Å². The minimum Gasteiger partial charge on any atom is -0.298 e. The van der Waals surface area contributed by atoms with Crippen LogP contribution >= 0.6 is 12.2 Å². The normalized spacial score (nSPS) is 18.9. The molecular weight excluding hydrogens is 308 g/mol. The first-order chi connectivity index (χ1) is 11.0. The van der Waals surface area contributed by atoms with Gasteiger partial charge in [0.25, 0.3) is 11.8 Å². The molecule has 23 heavy (non-hydrogen) atoms. The second-order valence-electron chi connectivity index (χ2n) is 5.31. The molecule has 1 heterocycles. The van der Waals surface area contributed by atoms with E-state index in [9.17, 15) is 9.59 Å². The van der Waals surface area contributed by atoms with Crippen LogP contribution in [-0.2, 0) is 9.59 Å². The van der Waals surface area contributed by atoms with E-state index in [0.717, 1.165) is 24.8 Å². The summed E-state index contributed by atoms with van der Waals surface area (Å²) < 4.78 is 0. The summed E-state index contributed by atoms with van der Waals surface area (Å²) in [5.41, 5.74) is 1.07. The number of nitrogens with zero attached hydrogens (tertiary/aromatic N) is 1. The Balaban J connectivity index is 3.14. The monoisotopic (exact) mass is 332 g/mol. The smallest absolute Gasteiger partial charge is 0.265 e. The van der Waals surface area contributed by atoms with Crippen molar-refractivity contribution in [3.05, 3.63) is 48.6 Å². The molecule has 0 aromatic carbocycles. The molecule has 0 aromatic heterocycles. The van der Waals surface area contributed by atoms with Gasteiger partial charge in [-0.1, -0.05) is 37.6 Å². The lowest BCUT2D eigenvalue weighted by Crippen LogP contribution is -2.54. The summed E-state index contributed by atoms with van der Waals surface area (Å²) in [6.07, 6.45) is 9.83. The van der Waals surface area contributed by atoms with Crippen LogP contribution in [0.15, 0.2) is 48.6 Å². The van der Waals surface area contributed by atoms with Gasteiger partial charge in [0.15, 0.2) is 5.11 Å². The zero-order chi connectivity index (χ0) is 17.4. The van der Waals surface area contributed by atoms with Crippen LogP contribution in [0.5, 0.6) is 0 Å². The van der Waals surface area contributed by atoms with Crippen molar-refractivity contribution in [1.29, 1.82) is 0 Å². The van der Waals surface area contributed by atoms with Crippen molar-refractivity contribution >= 4 is 29.1 Å². The van der Waals surface area contributed by atoms with E-state index < -0.39 is 5.91 Å². The van der Waals surface area contributed by atoms with Crippen LogP contribution in [0, 0.1) is 5.92 Å². The average Bonchev–Trinajstić information content (AvgIpc) is 2.53. The topological polar surface area (TPSA) is 49.4 Å². The lowest BCUT2D eigenvalue weighted by atomic mass is 9.96. The first-order valence-corrected chi connectivity index (χ1v) is 8.20. The highest BCUT2D eigenvalue weighted by Gasteiger charge is 2.32. The van der Waals surface area contributed by atoms with E-state index in [1.54, 1.807) is 12.2 Å². The Hall–Kier alpha value is -2.01. The van der Waals surface area contributed by atoms with Crippen molar-refractivity contribution < 1.29 is 9.59 Å². The minimum atomic E-state index is -0.448. The predicted octanol–water partition coefficient (Wildman–Crippen LogP) is 3.28. The molecule has 1 aliphatic heterocycles. The molecule has 1 unspecified atom stereocenters. The molecule has 0 bridgehead atoms. The Kier molecular flexibility index (Phi) is 7.62. The number of hydrogen-bond donors (Lipinski definition) is 1. The first-order valence-electron chi connectivity index (χ1n) is 7.79. The van der Waals surface area contributed by atoms with Gasteiger partial charge in [-0.25, -0.2) is 0 Å². The fourth-order valence-electron chi connectivity index (χ4n) is 2.31. The average molecular weight is 332 g/mol. The van der Waals surface area contributed by atoms with Crippen LogP contribution in [0.25, 0.3) is 0 Å². The summed E-state index contributed by atoms with van der Waals surface area (Å²) in [7, 11) is 0. The summed E-state index contributed by atoms with van der Waals surface area (Å²) in [5.74, 6) is -0.474. The number of rotatable bonds is 8. The Morgan fingerprint density at radius 3 is 2.52 bits per heavy atom. The molecule has 0 saturated carbocycles. The summed E-state index contributed by atoms with van der Waals surface area (Å²) >= 11 is 5.04. The zero-order valence-electron chi connectivity index (χ0n) is 13.8. The van der Waals surface area contributed by atoms with Crippen molar-refractivity contribution in [3.8, 4) is 0 Å². The molecule has 5 heteroatoms. The third kappa shape index (κ3) is 4.99. The molecule has 0 radical (unpaired) electrons. The number of allylic oxidation sites excluding steroid dienone is 4. The van der Waals surface area contributed by atoms with Crippen molar-refractivity contribution in [2.24, 2.45) is 5.92 Å². The Morgan fingerprint density at radius 1 is 1.30 bits per heavy atom. The molecule has 1 aliphatic rings. The Morgan fingerprint density at radius 2 is 2.00 bits per heavy atom. The van der Waals surface area contributed by atoms with Gasteiger partial charge >= 0.3 is 0 Å². The van der Waals surface area contributed by atoms with Crippen LogP contribution in [0.3, 0.4) is 0 Å². The maximum absolute atomic E-state index is 12.5. The summed E-state index contributed by atoms with van der Waals surface area (Å²) in [6, 6.07) is 0. The highest BCUT2D eigenvalue weighted by Crippen LogP contribution is 2.19. The molecule has 4 nitrogen and oxygen atoms in total. The van der Waals surface area contributed by atoms with Gasteiger partial charge in [0.05, 0.1) is 0 Å². The van der Waals surface area contributed by atoms with Crippen molar-refractivity contribution in [1.82, 2.24) is 10.2 Å². The third-order valence-electron chi connectivity index (χ3n) is 3.68. The quantitative estimate of drug-likeness (QED) is 0.321. The van der Waals surface area contributed by atoms with Crippen LogP contribution < -0.4 is 5.32 Å². The van der Waals surface area contributed by atoms with Gasteiger partial charge in [-0.3, -0.25) is 19.8 Å². The van der Waals surface area contributed by atoms with Gasteiger partial charge in [-0.2, -0.15) is 0 Å². The van der Waals surface area contributed by atoms with Gasteiger partial charge in [-0.15, -0.1) is 13.2 Å². The number of hydrogen-bond acceptors (Lipinski definition) is 3. The Labute approximate surface area is 143 Å². The minimum absolute atomic E-state index is 0.113. The maximum atomic E-state index is 12.5. The van der Waals surface area contributed by atoms with E-state index in [2.05, 4.69) is 31.5 Å². The van der Waals surface area contributed by atoms with Crippen LogP contribution in [0.1, 0.15) is 33.1 Å².